The fourth-order valence-electron chi connectivity index (χ4n) is 2.67. The van der Waals surface area contributed by atoms with Gasteiger partial charge in [-0.25, -0.2) is 4.79 Å². The first-order valence-corrected chi connectivity index (χ1v) is 7.13. The maximum absolute atomic E-state index is 12.0. The molecule has 0 aliphatic carbocycles. The monoisotopic (exact) mass is 270 g/mol. The largest absolute Gasteiger partial charge is 0.481 e. The second-order valence-corrected chi connectivity index (χ2v) is 6.07. The number of rotatable bonds is 5. The molecule has 1 saturated heterocycles. The van der Waals surface area contributed by atoms with Gasteiger partial charge in [0.15, 0.2) is 0 Å². The van der Waals surface area contributed by atoms with Crippen molar-refractivity contribution in [2.75, 3.05) is 19.6 Å². The van der Waals surface area contributed by atoms with Crippen molar-refractivity contribution in [2.45, 2.75) is 40.0 Å². The van der Waals surface area contributed by atoms with E-state index in [2.05, 4.69) is 19.2 Å². The van der Waals surface area contributed by atoms with Crippen molar-refractivity contribution in [3.05, 3.63) is 0 Å². The molecule has 1 heterocycles. The molecule has 5 heteroatoms. The maximum atomic E-state index is 12.0. The Labute approximate surface area is 115 Å². The van der Waals surface area contributed by atoms with E-state index in [1.54, 1.807) is 0 Å². The zero-order valence-corrected chi connectivity index (χ0v) is 12.2. The highest BCUT2D eigenvalue weighted by molar-refractivity contribution is 5.74. The summed E-state index contributed by atoms with van der Waals surface area (Å²) in [5.74, 6) is 0.523. The minimum atomic E-state index is -0.781. The van der Waals surface area contributed by atoms with E-state index < -0.39 is 5.97 Å². The van der Waals surface area contributed by atoms with Crippen LogP contribution in [0.2, 0.25) is 0 Å². The van der Waals surface area contributed by atoms with Crippen molar-refractivity contribution in [1.29, 1.82) is 0 Å². The molecule has 2 amide bonds. The molecule has 19 heavy (non-hydrogen) atoms. The van der Waals surface area contributed by atoms with Crippen LogP contribution in [0.15, 0.2) is 0 Å². The number of carbonyl (C=O) groups is 2. The van der Waals surface area contributed by atoms with Crippen LogP contribution < -0.4 is 5.32 Å². The van der Waals surface area contributed by atoms with Gasteiger partial charge in [0.2, 0.25) is 0 Å². The van der Waals surface area contributed by atoms with Crippen LogP contribution >= 0.6 is 0 Å². The molecule has 0 aromatic carbocycles. The van der Waals surface area contributed by atoms with E-state index in [1.165, 1.54) is 6.42 Å². The van der Waals surface area contributed by atoms with Crippen LogP contribution in [0, 0.1) is 17.8 Å². The zero-order valence-electron chi connectivity index (χ0n) is 12.2. The van der Waals surface area contributed by atoms with Crippen LogP contribution in [0.1, 0.15) is 40.0 Å². The molecular formula is C14H26N2O3. The van der Waals surface area contributed by atoms with Crippen LogP contribution in [0.4, 0.5) is 4.79 Å². The van der Waals surface area contributed by atoms with Gasteiger partial charge in [0.25, 0.3) is 0 Å². The van der Waals surface area contributed by atoms with E-state index in [-0.39, 0.29) is 18.4 Å². The topological polar surface area (TPSA) is 69.6 Å². The molecule has 0 saturated carbocycles. The van der Waals surface area contributed by atoms with E-state index in [1.807, 2.05) is 11.8 Å². The highest BCUT2D eigenvalue weighted by atomic mass is 16.4. The van der Waals surface area contributed by atoms with Gasteiger partial charge in [0, 0.05) is 26.1 Å². The fraction of sp³-hybridized carbons (Fsp3) is 0.857. The Bertz CT molecular complexity index is 310. The minimum Gasteiger partial charge on any atom is -0.481 e. The number of aliphatic carboxylic acids is 1. The second-order valence-electron chi connectivity index (χ2n) is 6.07. The lowest BCUT2D eigenvalue weighted by Crippen LogP contribution is -2.48. The van der Waals surface area contributed by atoms with Gasteiger partial charge in [-0.2, -0.15) is 0 Å². The molecule has 3 atom stereocenters. The number of hydrogen-bond donors (Lipinski definition) is 2. The van der Waals surface area contributed by atoms with Crippen LogP contribution in [0.3, 0.4) is 0 Å². The number of carboxylic acids is 1. The van der Waals surface area contributed by atoms with Gasteiger partial charge in [-0.1, -0.05) is 20.8 Å². The summed E-state index contributed by atoms with van der Waals surface area (Å²) in [7, 11) is 0. The zero-order chi connectivity index (χ0) is 14.4. The third-order valence-electron chi connectivity index (χ3n) is 3.61. The molecule has 0 radical (unpaired) electrons. The summed E-state index contributed by atoms with van der Waals surface area (Å²) in [6.45, 7) is 8.49. The lowest BCUT2D eigenvalue weighted by atomic mass is 9.92. The van der Waals surface area contributed by atoms with Gasteiger partial charge in [0.05, 0.1) is 0 Å². The molecule has 0 spiro atoms. The average molecular weight is 270 g/mol. The Hall–Kier alpha value is -1.26. The van der Waals surface area contributed by atoms with E-state index in [0.717, 1.165) is 13.1 Å². The summed E-state index contributed by atoms with van der Waals surface area (Å²) >= 11 is 0. The molecule has 1 aliphatic rings. The Morgan fingerprint density at radius 3 is 2.42 bits per heavy atom. The van der Waals surface area contributed by atoms with Gasteiger partial charge in [-0.3, -0.25) is 4.79 Å². The summed E-state index contributed by atoms with van der Waals surface area (Å²) < 4.78 is 0. The highest BCUT2D eigenvalue weighted by Crippen LogP contribution is 2.20. The Kier molecular flexibility index (Phi) is 6.12. The molecule has 5 nitrogen and oxygen atoms in total. The molecule has 1 fully saturated rings. The van der Waals surface area contributed by atoms with Crippen LogP contribution in [0.5, 0.6) is 0 Å². The van der Waals surface area contributed by atoms with Crippen LogP contribution in [-0.2, 0) is 4.79 Å². The Morgan fingerprint density at radius 1 is 1.32 bits per heavy atom. The predicted molar refractivity (Wildman–Crippen MR) is 74.0 cm³/mol. The smallest absolute Gasteiger partial charge is 0.317 e. The first kappa shape index (κ1) is 15.8. The number of urea groups is 1. The SMILES string of the molecule is CC(CCC(=O)O)CNC(=O)N1CC(C)CC(C)C1. The van der Waals surface area contributed by atoms with Crippen molar-refractivity contribution >= 4 is 12.0 Å². The molecule has 0 aromatic heterocycles. The highest BCUT2D eigenvalue weighted by Gasteiger charge is 2.25. The molecule has 0 bridgehead atoms. The molecule has 1 rings (SSSR count). The van der Waals surface area contributed by atoms with Gasteiger partial charge in [-0.05, 0) is 30.6 Å². The van der Waals surface area contributed by atoms with Crippen LogP contribution in [0.25, 0.3) is 0 Å². The lowest BCUT2D eigenvalue weighted by Gasteiger charge is -2.35. The third-order valence-corrected chi connectivity index (χ3v) is 3.61. The summed E-state index contributed by atoms with van der Waals surface area (Å²) in [5.41, 5.74) is 0. The standard InChI is InChI=1S/C14H26N2O3/c1-10(4-5-13(17)18)7-15-14(19)16-8-11(2)6-12(3)9-16/h10-12H,4-9H2,1-3H3,(H,15,19)(H,17,18). The molecule has 2 N–H and O–H groups in total. The van der Waals surface area contributed by atoms with E-state index in [9.17, 15) is 9.59 Å². The summed E-state index contributed by atoms with van der Waals surface area (Å²) in [4.78, 5) is 24.4. The van der Waals surface area contributed by atoms with Crippen molar-refractivity contribution in [3.8, 4) is 0 Å². The number of carbonyl (C=O) groups excluding carboxylic acids is 1. The number of amides is 2. The second kappa shape index (κ2) is 7.36. The van der Waals surface area contributed by atoms with Gasteiger partial charge in [0.1, 0.15) is 0 Å². The van der Waals surface area contributed by atoms with Crippen molar-refractivity contribution in [1.82, 2.24) is 10.2 Å². The minimum absolute atomic E-state index is 0.0134. The van der Waals surface area contributed by atoms with Crippen molar-refractivity contribution in [2.24, 2.45) is 17.8 Å². The number of nitrogens with zero attached hydrogens (tertiary/aromatic N) is 1. The van der Waals surface area contributed by atoms with Gasteiger partial charge in [-0.15, -0.1) is 0 Å². The molecule has 110 valence electrons. The Morgan fingerprint density at radius 2 is 1.89 bits per heavy atom. The van der Waals surface area contributed by atoms with Gasteiger partial charge >= 0.3 is 12.0 Å². The number of likely N-dealkylation sites (tertiary alicyclic amines) is 1. The Balaban J connectivity index is 2.28. The van der Waals surface area contributed by atoms with Gasteiger partial charge < -0.3 is 15.3 Å². The number of nitrogens with one attached hydrogen (secondary N) is 1. The summed E-state index contributed by atoms with van der Waals surface area (Å²) in [6.07, 6.45) is 1.94. The lowest BCUT2D eigenvalue weighted by molar-refractivity contribution is -0.137. The molecule has 1 aliphatic heterocycles. The van der Waals surface area contributed by atoms with E-state index in [4.69, 9.17) is 5.11 Å². The van der Waals surface area contributed by atoms with Crippen molar-refractivity contribution < 1.29 is 14.7 Å². The van der Waals surface area contributed by atoms with E-state index >= 15 is 0 Å². The molecule has 0 aromatic rings. The maximum Gasteiger partial charge on any atom is 0.317 e. The number of piperidine rings is 1. The summed E-state index contributed by atoms with van der Waals surface area (Å²) in [6, 6.07) is -0.0134. The summed E-state index contributed by atoms with van der Waals surface area (Å²) in [5, 5.41) is 11.5. The fourth-order valence-corrected chi connectivity index (χ4v) is 2.67. The average Bonchev–Trinajstić information content (AvgIpc) is 2.32. The quantitative estimate of drug-likeness (QED) is 0.804. The normalized spacial score (nSPS) is 24.9. The molecular weight excluding hydrogens is 244 g/mol. The van der Waals surface area contributed by atoms with Crippen molar-refractivity contribution in [3.63, 3.8) is 0 Å². The number of hydrogen-bond acceptors (Lipinski definition) is 2. The first-order valence-electron chi connectivity index (χ1n) is 7.13. The number of carboxylic acid groups (broad SMARTS) is 1. The van der Waals surface area contributed by atoms with E-state index in [0.29, 0.717) is 24.8 Å². The third kappa shape index (κ3) is 5.94. The predicted octanol–water partition coefficient (Wildman–Crippen LogP) is 2.17. The van der Waals surface area contributed by atoms with Crippen LogP contribution in [-0.4, -0.2) is 41.6 Å². The first-order chi connectivity index (χ1) is 8.88. The molecule has 3 unspecified atom stereocenters.